The van der Waals surface area contributed by atoms with Crippen molar-refractivity contribution in [2.24, 2.45) is 11.8 Å². The number of methoxy groups -OCH3 is 1. The van der Waals surface area contributed by atoms with Crippen LogP contribution in [0, 0.1) is 18.8 Å². The SMILES string of the molecule is COc1ccc(-c2nc(C)no2)cc1CC(=O)N[C@H](C(=O)N[C@@H](CC(=O)O)C(=O)CN(C)CCC(C)C)C(C)C. The molecular weight excluding hydrogens is 518 g/mol. The number of hydrogen-bond acceptors (Lipinski definition) is 9. The average Bonchev–Trinajstić information content (AvgIpc) is 3.31. The van der Waals surface area contributed by atoms with Crippen molar-refractivity contribution in [1.82, 2.24) is 25.7 Å². The summed E-state index contributed by atoms with van der Waals surface area (Å²) < 4.78 is 10.6. The zero-order valence-corrected chi connectivity index (χ0v) is 24.3. The largest absolute Gasteiger partial charge is 0.496 e. The number of benzene rings is 1. The summed E-state index contributed by atoms with van der Waals surface area (Å²) in [5, 5.41) is 18.4. The topological polar surface area (TPSA) is 164 Å². The maximum atomic E-state index is 13.2. The Balaban J connectivity index is 2.13. The lowest BCUT2D eigenvalue weighted by Gasteiger charge is -2.26. The van der Waals surface area contributed by atoms with E-state index in [1.165, 1.54) is 7.11 Å². The van der Waals surface area contributed by atoms with Gasteiger partial charge in [0.05, 0.1) is 32.5 Å². The molecule has 40 heavy (non-hydrogen) atoms. The smallest absolute Gasteiger partial charge is 0.305 e. The number of carbonyl (C=O) groups is 4. The Hall–Kier alpha value is -3.80. The van der Waals surface area contributed by atoms with Gasteiger partial charge in [0.25, 0.3) is 5.89 Å². The molecule has 2 atom stereocenters. The van der Waals surface area contributed by atoms with E-state index in [-0.39, 0.29) is 18.9 Å². The standard InChI is InChI=1S/C28H41N5O7/c1-16(2)10-11-33(6)15-22(34)21(14-25(36)37)30-27(38)26(17(3)4)31-24(35)13-20-12-19(8-9-23(20)39-7)28-29-18(5)32-40-28/h8-9,12,16-17,21,26H,10-11,13-15H2,1-7H3,(H,30,38)(H,31,35)(H,36,37)/t21-,26-/m0/s1. The fraction of sp³-hybridized carbons (Fsp3) is 0.571. The predicted molar refractivity (Wildman–Crippen MR) is 148 cm³/mol. The molecular formula is C28H41N5O7. The van der Waals surface area contributed by atoms with E-state index in [1.54, 1.807) is 46.0 Å². The highest BCUT2D eigenvalue weighted by molar-refractivity contribution is 5.95. The molecule has 0 radical (unpaired) electrons. The van der Waals surface area contributed by atoms with Crippen molar-refractivity contribution in [2.75, 3.05) is 27.2 Å². The van der Waals surface area contributed by atoms with Crippen LogP contribution in [-0.2, 0) is 25.6 Å². The van der Waals surface area contributed by atoms with E-state index in [9.17, 15) is 24.3 Å². The van der Waals surface area contributed by atoms with Crippen LogP contribution in [0.25, 0.3) is 11.5 Å². The Bertz CT molecular complexity index is 1180. The monoisotopic (exact) mass is 559 g/mol. The van der Waals surface area contributed by atoms with Crippen molar-refractivity contribution in [3.8, 4) is 17.2 Å². The zero-order valence-electron chi connectivity index (χ0n) is 24.3. The molecule has 0 saturated heterocycles. The Morgan fingerprint density at radius 1 is 1.12 bits per heavy atom. The van der Waals surface area contributed by atoms with Crippen molar-refractivity contribution in [2.45, 2.75) is 66.0 Å². The molecule has 1 aromatic heterocycles. The number of ether oxygens (including phenoxy) is 1. The molecule has 12 heteroatoms. The Labute approximate surface area is 234 Å². The van der Waals surface area contributed by atoms with E-state index in [0.29, 0.717) is 41.1 Å². The van der Waals surface area contributed by atoms with Gasteiger partial charge in [0, 0.05) is 11.1 Å². The van der Waals surface area contributed by atoms with Crippen molar-refractivity contribution >= 4 is 23.6 Å². The van der Waals surface area contributed by atoms with Gasteiger partial charge in [0.2, 0.25) is 11.8 Å². The van der Waals surface area contributed by atoms with E-state index in [1.807, 2.05) is 4.90 Å². The first-order valence-corrected chi connectivity index (χ1v) is 13.3. The molecule has 12 nitrogen and oxygen atoms in total. The second-order valence-corrected chi connectivity index (χ2v) is 10.7. The number of amides is 2. The molecule has 0 aliphatic heterocycles. The number of carboxylic acid groups (broad SMARTS) is 1. The summed E-state index contributed by atoms with van der Waals surface area (Å²) in [5.41, 5.74) is 1.15. The van der Waals surface area contributed by atoms with E-state index < -0.39 is 42.1 Å². The molecule has 0 aliphatic carbocycles. The third kappa shape index (κ3) is 10.1. The first-order chi connectivity index (χ1) is 18.8. The average molecular weight is 560 g/mol. The summed E-state index contributed by atoms with van der Waals surface area (Å²) in [6, 6.07) is 2.90. The van der Waals surface area contributed by atoms with Crippen LogP contribution in [0.15, 0.2) is 22.7 Å². The third-order valence-electron chi connectivity index (χ3n) is 6.27. The van der Waals surface area contributed by atoms with Crippen molar-refractivity contribution in [3.63, 3.8) is 0 Å². The lowest BCUT2D eigenvalue weighted by Crippen LogP contribution is -2.55. The fourth-order valence-electron chi connectivity index (χ4n) is 4.01. The Morgan fingerprint density at radius 3 is 2.38 bits per heavy atom. The van der Waals surface area contributed by atoms with E-state index in [4.69, 9.17) is 9.26 Å². The number of carboxylic acids is 1. The van der Waals surface area contributed by atoms with Crippen molar-refractivity contribution in [1.29, 1.82) is 0 Å². The van der Waals surface area contributed by atoms with Crippen LogP contribution in [0.5, 0.6) is 5.75 Å². The van der Waals surface area contributed by atoms with Gasteiger partial charge >= 0.3 is 5.97 Å². The molecule has 0 bridgehead atoms. The summed E-state index contributed by atoms with van der Waals surface area (Å²) in [4.78, 5) is 56.6. The molecule has 2 rings (SSSR count). The number of nitrogens with one attached hydrogen (secondary N) is 2. The van der Waals surface area contributed by atoms with Crippen LogP contribution in [0.2, 0.25) is 0 Å². The number of Topliss-reactive ketones (excluding diaryl/α,β-unsaturated/α-hetero) is 1. The van der Waals surface area contributed by atoms with Crippen molar-refractivity contribution < 1.29 is 33.5 Å². The number of aliphatic carboxylic acids is 1. The Kier molecular flexibility index (Phi) is 12.2. The highest BCUT2D eigenvalue weighted by Gasteiger charge is 2.30. The van der Waals surface area contributed by atoms with Crippen LogP contribution in [0.3, 0.4) is 0 Å². The molecule has 1 aromatic carbocycles. The molecule has 1 heterocycles. The van der Waals surface area contributed by atoms with Gasteiger partial charge in [0.15, 0.2) is 11.6 Å². The molecule has 0 aliphatic rings. The number of nitrogens with zero attached hydrogens (tertiary/aromatic N) is 3. The number of likely N-dealkylation sites (N-methyl/N-ethyl adjacent to an activating group) is 1. The van der Waals surface area contributed by atoms with E-state index in [2.05, 4.69) is 34.6 Å². The minimum atomic E-state index is -1.22. The van der Waals surface area contributed by atoms with Crippen LogP contribution in [0.1, 0.15) is 51.9 Å². The number of carbonyl (C=O) groups excluding carboxylic acids is 3. The van der Waals surface area contributed by atoms with E-state index >= 15 is 0 Å². The van der Waals surface area contributed by atoms with Gasteiger partial charge in [-0.2, -0.15) is 4.98 Å². The fourth-order valence-corrected chi connectivity index (χ4v) is 4.01. The number of rotatable bonds is 16. The van der Waals surface area contributed by atoms with Gasteiger partial charge in [-0.3, -0.25) is 24.1 Å². The third-order valence-corrected chi connectivity index (χ3v) is 6.27. The van der Waals surface area contributed by atoms with Gasteiger partial charge in [0.1, 0.15) is 11.8 Å². The predicted octanol–water partition coefficient (Wildman–Crippen LogP) is 2.24. The lowest BCUT2D eigenvalue weighted by molar-refractivity contribution is -0.141. The van der Waals surface area contributed by atoms with Gasteiger partial charge in [-0.15, -0.1) is 0 Å². The summed E-state index contributed by atoms with van der Waals surface area (Å²) >= 11 is 0. The normalized spacial score (nSPS) is 12.8. The number of hydrogen-bond donors (Lipinski definition) is 3. The number of ketones is 1. The maximum absolute atomic E-state index is 13.2. The van der Waals surface area contributed by atoms with Crippen molar-refractivity contribution in [3.05, 3.63) is 29.6 Å². The van der Waals surface area contributed by atoms with Gasteiger partial charge in [-0.25, -0.2) is 0 Å². The highest BCUT2D eigenvalue weighted by atomic mass is 16.5. The number of aryl methyl sites for hydroxylation is 1. The number of aromatic nitrogens is 2. The summed E-state index contributed by atoms with van der Waals surface area (Å²) in [7, 11) is 3.26. The van der Waals surface area contributed by atoms with Crippen LogP contribution < -0.4 is 15.4 Å². The first-order valence-electron chi connectivity index (χ1n) is 13.3. The maximum Gasteiger partial charge on any atom is 0.305 e. The minimum Gasteiger partial charge on any atom is -0.496 e. The highest BCUT2D eigenvalue weighted by Crippen LogP contribution is 2.26. The molecule has 0 saturated carbocycles. The van der Waals surface area contributed by atoms with Gasteiger partial charge < -0.3 is 25.0 Å². The van der Waals surface area contributed by atoms with Crippen LogP contribution in [-0.4, -0.2) is 83.0 Å². The van der Waals surface area contributed by atoms with Crippen LogP contribution >= 0.6 is 0 Å². The molecule has 2 amide bonds. The lowest BCUT2D eigenvalue weighted by atomic mass is 10.0. The first kappa shape index (κ1) is 32.4. The van der Waals surface area contributed by atoms with Gasteiger partial charge in [-0.05, 0) is 57.0 Å². The summed E-state index contributed by atoms with van der Waals surface area (Å²) in [5.74, 6) is -1.36. The molecule has 0 fully saturated rings. The molecule has 0 unspecified atom stereocenters. The summed E-state index contributed by atoms with van der Waals surface area (Å²) in [6.45, 7) is 10.0. The van der Waals surface area contributed by atoms with E-state index in [0.717, 1.165) is 6.42 Å². The minimum absolute atomic E-state index is 0.000638. The summed E-state index contributed by atoms with van der Waals surface area (Å²) in [6.07, 6.45) is 0.211. The molecule has 0 spiro atoms. The quantitative estimate of drug-likeness (QED) is 0.278. The van der Waals surface area contributed by atoms with Gasteiger partial charge in [-0.1, -0.05) is 32.9 Å². The Morgan fingerprint density at radius 2 is 1.82 bits per heavy atom. The molecule has 2 aromatic rings. The second-order valence-electron chi connectivity index (χ2n) is 10.7. The van der Waals surface area contributed by atoms with Crippen LogP contribution in [0.4, 0.5) is 0 Å². The second kappa shape index (κ2) is 15.1. The zero-order chi connectivity index (χ0) is 30.0. The molecule has 3 N–H and O–H groups in total. The molecule has 220 valence electrons.